The summed E-state index contributed by atoms with van der Waals surface area (Å²) in [5.41, 5.74) is 6.47. The smallest absolute Gasteiger partial charge is 0.164 e. The van der Waals surface area contributed by atoms with E-state index in [1.54, 1.807) is 0 Å². The van der Waals surface area contributed by atoms with Crippen LogP contribution < -0.4 is 5.73 Å². The first-order valence-electron chi connectivity index (χ1n) is 5.69. The summed E-state index contributed by atoms with van der Waals surface area (Å²) in [4.78, 5) is 2.46. The summed E-state index contributed by atoms with van der Waals surface area (Å²) in [5, 5.41) is 8.43. The zero-order chi connectivity index (χ0) is 11.5. The normalized spacial score (nSPS) is 21.5. The standard InChI is InChI=1S/C11H17ClN4/c1-2-16-4-3-8(7-16)5-9-6-10(12)11(13)15-14-9/h6,8H,2-5,7H2,1H3,(H2,13,15). The first-order valence-corrected chi connectivity index (χ1v) is 6.06. The van der Waals surface area contributed by atoms with Crippen LogP contribution >= 0.6 is 11.6 Å². The van der Waals surface area contributed by atoms with E-state index in [1.165, 1.54) is 13.0 Å². The molecule has 0 spiro atoms. The van der Waals surface area contributed by atoms with Crippen molar-refractivity contribution in [1.29, 1.82) is 0 Å². The number of halogens is 1. The van der Waals surface area contributed by atoms with Crippen LogP contribution in [-0.2, 0) is 6.42 Å². The first-order chi connectivity index (χ1) is 7.69. The third kappa shape index (κ3) is 2.62. The van der Waals surface area contributed by atoms with Crippen LogP contribution in [0.25, 0.3) is 0 Å². The number of aromatic nitrogens is 2. The molecule has 1 saturated heterocycles. The van der Waals surface area contributed by atoms with Gasteiger partial charge in [0.1, 0.15) is 0 Å². The molecule has 0 saturated carbocycles. The Hall–Kier alpha value is -0.870. The third-order valence-corrected chi connectivity index (χ3v) is 3.44. The van der Waals surface area contributed by atoms with Gasteiger partial charge in [0.2, 0.25) is 0 Å². The van der Waals surface area contributed by atoms with Gasteiger partial charge in [-0.1, -0.05) is 18.5 Å². The SMILES string of the molecule is CCN1CCC(Cc2cc(Cl)c(N)nn2)C1. The Bertz CT molecular complexity index is 369. The molecule has 1 atom stereocenters. The molecule has 0 radical (unpaired) electrons. The van der Waals surface area contributed by atoms with Crippen LogP contribution in [0.5, 0.6) is 0 Å². The van der Waals surface area contributed by atoms with E-state index >= 15 is 0 Å². The van der Waals surface area contributed by atoms with E-state index < -0.39 is 0 Å². The zero-order valence-electron chi connectivity index (χ0n) is 9.49. The van der Waals surface area contributed by atoms with Crippen LogP contribution in [-0.4, -0.2) is 34.7 Å². The van der Waals surface area contributed by atoms with Gasteiger partial charge in [0, 0.05) is 6.54 Å². The molecule has 1 aliphatic heterocycles. The van der Waals surface area contributed by atoms with E-state index in [-0.39, 0.29) is 0 Å². The van der Waals surface area contributed by atoms with Crippen LogP contribution in [0, 0.1) is 5.92 Å². The number of nitrogens with zero attached hydrogens (tertiary/aromatic N) is 3. The van der Waals surface area contributed by atoms with Gasteiger partial charge in [0.25, 0.3) is 0 Å². The molecule has 0 amide bonds. The van der Waals surface area contributed by atoms with Crippen LogP contribution in [0.1, 0.15) is 19.0 Å². The summed E-state index contributed by atoms with van der Waals surface area (Å²) in [6.07, 6.45) is 2.18. The molecule has 4 nitrogen and oxygen atoms in total. The van der Waals surface area contributed by atoms with Crippen molar-refractivity contribution in [2.45, 2.75) is 19.8 Å². The number of anilines is 1. The van der Waals surface area contributed by atoms with Gasteiger partial charge < -0.3 is 10.6 Å². The molecule has 2 N–H and O–H groups in total. The molecular formula is C11H17ClN4. The predicted molar refractivity (Wildman–Crippen MR) is 65.4 cm³/mol. The maximum atomic E-state index is 5.92. The van der Waals surface area contributed by atoms with Gasteiger partial charge in [0.05, 0.1) is 10.7 Å². The van der Waals surface area contributed by atoms with E-state index in [0.717, 1.165) is 25.2 Å². The van der Waals surface area contributed by atoms with Gasteiger partial charge in [-0.3, -0.25) is 0 Å². The third-order valence-electron chi connectivity index (χ3n) is 3.14. The topological polar surface area (TPSA) is 55.0 Å². The number of hydrogen-bond donors (Lipinski definition) is 1. The monoisotopic (exact) mass is 240 g/mol. The lowest BCUT2D eigenvalue weighted by molar-refractivity contribution is 0.341. The van der Waals surface area contributed by atoms with E-state index in [0.29, 0.717) is 16.8 Å². The maximum absolute atomic E-state index is 5.92. The number of nitrogen functional groups attached to an aromatic ring is 1. The minimum Gasteiger partial charge on any atom is -0.381 e. The molecule has 2 heterocycles. The van der Waals surface area contributed by atoms with Crippen molar-refractivity contribution in [2.24, 2.45) is 5.92 Å². The lowest BCUT2D eigenvalue weighted by atomic mass is 10.0. The molecular weight excluding hydrogens is 224 g/mol. The van der Waals surface area contributed by atoms with Crippen molar-refractivity contribution >= 4 is 17.4 Å². The second-order valence-corrected chi connectivity index (χ2v) is 4.73. The van der Waals surface area contributed by atoms with Crippen molar-refractivity contribution in [3.8, 4) is 0 Å². The molecule has 1 unspecified atom stereocenters. The molecule has 0 bridgehead atoms. The predicted octanol–water partition coefficient (Wildman–Crippen LogP) is 1.60. The Labute approximate surface area is 101 Å². The molecule has 1 aromatic heterocycles. The second kappa shape index (κ2) is 4.97. The summed E-state index contributed by atoms with van der Waals surface area (Å²) in [5.74, 6) is 0.987. The van der Waals surface area contributed by atoms with E-state index in [9.17, 15) is 0 Å². The van der Waals surface area contributed by atoms with Gasteiger partial charge in [-0.25, -0.2) is 0 Å². The van der Waals surface area contributed by atoms with Crippen molar-refractivity contribution in [3.63, 3.8) is 0 Å². The fraction of sp³-hybridized carbons (Fsp3) is 0.636. The molecule has 1 aliphatic rings. The summed E-state index contributed by atoms with van der Waals surface area (Å²) >= 11 is 5.92. The minimum atomic E-state index is 0.312. The maximum Gasteiger partial charge on any atom is 0.164 e. The van der Waals surface area contributed by atoms with Gasteiger partial charge in [0.15, 0.2) is 5.82 Å². The molecule has 5 heteroatoms. The van der Waals surface area contributed by atoms with Gasteiger partial charge in [-0.05, 0) is 37.9 Å². The molecule has 1 fully saturated rings. The van der Waals surface area contributed by atoms with Crippen molar-refractivity contribution in [2.75, 3.05) is 25.4 Å². The Morgan fingerprint density at radius 2 is 2.38 bits per heavy atom. The lowest BCUT2D eigenvalue weighted by Crippen LogP contribution is -2.20. The van der Waals surface area contributed by atoms with Crippen LogP contribution in [0.2, 0.25) is 5.02 Å². The van der Waals surface area contributed by atoms with Crippen molar-refractivity contribution in [1.82, 2.24) is 15.1 Å². The summed E-state index contributed by atoms with van der Waals surface area (Å²) in [6.45, 7) is 5.67. The van der Waals surface area contributed by atoms with Crippen LogP contribution in [0.4, 0.5) is 5.82 Å². The molecule has 88 valence electrons. The summed E-state index contributed by atoms with van der Waals surface area (Å²) in [7, 11) is 0. The molecule has 2 rings (SSSR count). The largest absolute Gasteiger partial charge is 0.381 e. The summed E-state index contributed by atoms with van der Waals surface area (Å²) < 4.78 is 0. The molecule has 16 heavy (non-hydrogen) atoms. The average Bonchev–Trinajstić information content (AvgIpc) is 2.71. The fourth-order valence-electron chi connectivity index (χ4n) is 2.18. The second-order valence-electron chi connectivity index (χ2n) is 4.32. The van der Waals surface area contributed by atoms with E-state index in [4.69, 9.17) is 17.3 Å². The molecule has 0 aromatic carbocycles. The minimum absolute atomic E-state index is 0.312. The van der Waals surface area contributed by atoms with E-state index in [2.05, 4.69) is 22.0 Å². The zero-order valence-corrected chi connectivity index (χ0v) is 10.2. The van der Waals surface area contributed by atoms with Crippen LogP contribution in [0.15, 0.2) is 6.07 Å². The Kier molecular flexibility index (Phi) is 3.61. The Morgan fingerprint density at radius 3 is 3.00 bits per heavy atom. The number of hydrogen-bond acceptors (Lipinski definition) is 4. The molecule has 0 aliphatic carbocycles. The van der Waals surface area contributed by atoms with Gasteiger partial charge in [-0.15, -0.1) is 5.10 Å². The fourth-order valence-corrected chi connectivity index (χ4v) is 2.34. The number of rotatable bonds is 3. The highest BCUT2D eigenvalue weighted by Gasteiger charge is 2.22. The number of nitrogens with two attached hydrogens (primary N) is 1. The van der Waals surface area contributed by atoms with E-state index in [1.807, 2.05) is 6.07 Å². The van der Waals surface area contributed by atoms with Crippen molar-refractivity contribution < 1.29 is 0 Å². The Balaban J connectivity index is 1.97. The Morgan fingerprint density at radius 1 is 1.56 bits per heavy atom. The highest BCUT2D eigenvalue weighted by molar-refractivity contribution is 6.32. The number of likely N-dealkylation sites (tertiary alicyclic amines) is 1. The van der Waals surface area contributed by atoms with Gasteiger partial charge >= 0.3 is 0 Å². The lowest BCUT2D eigenvalue weighted by Gasteiger charge is -2.12. The average molecular weight is 241 g/mol. The summed E-state index contributed by atoms with van der Waals surface area (Å²) in [6, 6.07) is 1.83. The van der Waals surface area contributed by atoms with Crippen molar-refractivity contribution in [3.05, 3.63) is 16.8 Å². The highest BCUT2D eigenvalue weighted by Crippen LogP contribution is 2.22. The molecule has 1 aromatic rings. The van der Waals surface area contributed by atoms with Gasteiger partial charge in [-0.2, -0.15) is 5.10 Å². The highest BCUT2D eigenvalue weighted by atomic mass is 35.5. The first kappa shape index (κ1) is 11.6. The quantitative estimate of drug-likeness (QED) is 0.872. The van der Waals surface area contributed by atoms with Crippen LogP contribution in [0.3, 0.4) is 0 Å².